The molecule has 26 heavy (non-hydrogen) atoms. The molecule has 0 N–H and O–H groups in total. The molecule has 4 rings (SSSR count). The number of ether oxygens (including phenoxy) is 1. The summed E-state index contributed by atoms with van der Waals surface area (Å²) in [7, 11) is 2.20. The first-order valence-electron chi connectivity index (χ1n) is 10.0. The number of hydrogen-bond acceptors (Lipinski definition) is 5. The van der Waals surface area contributed by atoms with Crippen LogP contribution >= 0.6 is 0 Å². The molecule has 1 aromatic rings. The normalized spacial score (nSPS) is 26.2. The fraction of sp³-hybridized carbons (Fsp3) is 0.750. The van der Waals surface area contributed by atoms with E-state index in [0.29, 0.717) is 11.5 Å². The van der Waals surface area contributed by atoms with Crippen LogP contribution in [0, 0.1) is 11.8 Å². The third kappa shape index (κ3) is 3.62. The first-order chi connectivity index (χ1) is 12.7. The lowest BCUT2D eigenvalue weighted by molar-refractivity contribution is -0.0771. The average Bonchev–Trinajstić information content (AvgIpc) is 3.15. The van der Waals surface area contributed by atoms with E-state index in [2.05, 4.69) is 22.1 Å². The van der Waals surface area contributed by atoms with Crippen LogP contribution in [0.3, 0.4) is 0 Å². The van der Waals surface area contributed by atoms with Crippen molar-refractivity contribution in [3.05, 3.63) is 24.0 Å². The van der Waals surface area contributed by atoms with Crippen molar-refractivity contribution in [2.75, 3.05) is 39.9 Å². The Kier molecular flexibility index (Phi) is 5.23. The lowest BCUT2D eigenvalue weighted by Gasteiger charge is -2.58. The van der Waals surface area contributed by atoms with Crippen molar-refractivity contribution < 1.29 is 9.53 Å². The van der Waals surface area contributed by atoms with Crippen LogP contribution in [-0.2, 0) is 4.74 Å². The van der Waals surface area contributed by atoms with Crippen LogP contribution in [0.15, 0.2) is 18.5 Å². The minimum atomic E-state index is 0.0681. The molecule has 3 fully saturated rings. The summed E-state index contributed by atoms with van der Waals surface area (Å²) < 4.78 is 6.08. The molecule has 3 aliphatic rings. The second-order valence-electron chi connectivity index (χ2n) is 8.48. The minimum absolute atomic E-state index is 0.0681. The van der Waals surface area contributed by atoms with Gasteiger partial charge in [-0.05, 0) is 57.2 Å². The smallest absolute Gasteiger partial charge is 0.255 e. The number of carbonyl (C=O) groups excluding carboxylic acids is 1. The van der Waals surface area contributed by atoms with Gasteiger partial charge in [0, 0.05) is 26.3 Å². The Morgan fingerprint density at radius 3 is 2.69 bits per heavy atom. The van der Waals surface area contributed by atoms with E-state index in [-0.39, 0.29) is 11.4 Å². The van der Waals surface area contributed by atoms with E-state index >= 15 is 0 Å². The summed E-state index contributed by atoms with van der Waals surface area (Å²) >= 11 is 0. The molecular formula is C20H30N4O2. The van der Waals surface area contributed by atoms with Crippen LogP contribution in [0.5, 0.6) is 0 Å². The van der Waals surface area contributed by atoms with Crippen molar-refractivity contribution in [1.82, 2.24) is 20.0 Å². The van der Waals surface area contributed by atoms with Crippen molar-refractivity contribution in [2.45, 2.75) is 44.1 Å². The molecule has 0 aromatic carbocycles. The molecule has 1 spiro atoms. The predicted molar refractivity (Wildman–Crippen MR) is 98.8 cm³/mol. The molecule has 3 heterocycles. The Bertz CT molecular complexity index is 611. The summed E-state index contributed by atoms with van der Waals surface area (Å²) in [6, 6.07) is 1.74. The van der Waals surface area contributed by atoms with Crippen LogP contribution in [0.4, 0.5) is 0 Å². The number of amides is 1. The lowest BCUT2D eigenvalue weighted by Crippen LogP contribution is -2.72. The van der Waals surface area contributed by atoms with Crippen molar-refractivity contribution in [2.24, 2.45) is 11.8 Å². The zero-order valence-electron chi connectivity index (χ0n) is 15.8. The van der Waals surface area contributed by atoms with E-state index in [4.69, 9.17) is 4.74 Å². The van der Waals surface area contributed by atoms with Crippen LogP contribution in [0.25, 0.3) is 0 Å². The van der Waals surface area contributed by atoms with E-state index in [1.54, 1.807) is 18.5 Å². The highest BCUT2D eigenvalue weighted by molar-refractivity contribution is 5.94. The van der Waals surface area contributed by atoms with Gasteiger partial charge in [-0.2, -0.15) is 10.2 Å². The zero-order chi connectivity index (χ0) is 18.0. The minimum Gasteiger partial charge on any atom is -0.381 e. The highest BCUT2D eigenvalue weighted by atomic mass is 16.5. The van der Waals surface area contributed by atoms with Gasteiger partial charge >= 0.3 is 0 Å². The fourth-order valence-corrected chi connectivity index (χ4v) is 4.91. The zero-order valence-corrected chi connectivity index (χ0v) is 15.8. The van der Waals surface area contributed by atoms with Crippen LogP contribution < -0.4 is 0 Å². The molecule has 6 nitrogen and oxygen atoms in total. The van der Waals surface area contributed by atoms with Crippen molar-refractivity contribution >= 4 is 5.91 Å². The van der Waals surface area contributed by atoms with E-state index < -0.39 is 0 Å². The molecule has 0 unspecified atom stereocenters. The van der Waals surface area contributed by atoms with Crippen LogP contribution in [-0.4, -0.2) is 71.3 Å². The summed E-state index contributed by atoms with van der Waals surface area (Å²) in [5.41, 5.74) is 0.764. The maximum Gasteiger partial charge on any atom is 0.255 e. The maximum absolute atomic E-state index is 12.6. The SMILES string of the molecule is CN1CC[C@@H](COCC2CCCC2)CC12CN(C(=O)c1ccnnc1)C2. The standard InChI is InChI=1S/C20H30N4O2/c1-23-9-7-17(13-26-12-16-4-2-3-5-16)10-20(23)14-24(15-20)19(25)18-6-8-21-22-11-18/h6,8,11,16-17H,2-5,7,9-10,12-15H2,1H3/t17-/m1/s1. The fourth-order valence-electron chi connectivity index (χ4n) is 4.91. The van der Waals surface area contributed by atoms with Gasteiger partial charge in [-0.25, -0.2) is 0 Å². The van der Waals surface area contributed by atoms with Crippen molar-refractivity contribution in [3.63, 3.8) is 0 Å². The van der Waals surface area contributed by atoms with Gasteiger partial charge in [0.05, 0.1) is 23.5 Å². The predicted octanol–water partition coefficient (Wildman–Crippen LogP) is 2.22. The van der Waals surface area contributed by atoms with Gasteiger partial charge in [0.15, 0.2) is 0 Å². The van der Waals surface area contributed by atoms with Gasteiger partial charge in [0.1, 0.15) is 0 Å². The number of hydrogen-bond donors (Lipinski definition) is 0. The highest BCUT2D eigenvalue weighted by Crippen LogP contribution is 2.39. The van der Waals surface area contributed by atoms with E-state index in [1.165, 1.54) is 32.1 Å². The molecule has 1 aromatic heterocycles. The molecule has 142 valence electrons. The van der Waals surface area contributed by atoms with Gasteiger partial charge < -0.3 is 9.64 Å². The van der Waals surface area contributed by atoms with Gasteiger partial charge in [0.2, 0.25) is 0 Å². The second kappa shape index (κ2) is 7.61. The number of nitrogens with zero attached hydrogens (tertiary/aromatic N) is 4. The number of piperidine rings is 1. The number of aromatic nitrogens is 2. The summed E-state index contributed by atoms with van der Waals surface area (Å²) in [5.74, 6) is 1.48. The topological polar surface area (TPSA) is 58.6 Å². The monoisotopic (exact) mass is 358 g/mol. The number of likely N-dealkylation sites (N-methyl/N-ethyl adjacent to an activating group) is 1. The molecule has 1 amide bonds. The van der Waals surface area contributed by atoms with Gasteiger partial charge in [0.25, 0.3) is 5.91 Å². The first kappa shape index (κ1) is 17.9. The van der Waals surface area contributed by atoms with Gasteiger partial charge in [-0.1, -0.05) is 12.8 Å². The quantitative estimate of drug-likeness (QED) is 0.808. The number of likely N-dealkylation sites (tertiary alicyclic amines) is 2. The van der Waals surface area contributed by atoms with Crippen LogP contribution in [0.2, 0.25) is 0 Å². The molecule has 1 saturated carbocycles. The molecule has 1 atom stereocenters. The first-order valence-corrected chi connectivity index (χ1v) is 10.0. The molecule has 2 aliphatic heterocycles. The Labute approximate surface area is 155 Å². The van der Waals surface area contributed by atoms with Gasteiger partial charge in [-0.15, -0.1) is 0 Å². The third-order valence-corrected chi connectivity index (χ3v) is 6.62. The molecule has 0 radical (unpaired) electrons. The Balaban J connectivity index is 1.28. The summed E-state index contributed by atoms with van der Waals surface area (Å²) in [6.07, 6.45) is 10.9. The Morgan fingerprint density at radius 1 is 1.19 bits per heavy atom. The lowest BCUT2D eigenvalue weighted by atomic mass is 9.75. The van der Waals surface area contributed by atoms with E-state index in [0.717, 1.165) is 45.2 Å². The Morgan fingerprint density at radius 2 is 1.96 bits per heavy atom. The summed E-state index contributed by atoms with van der Waals surface area (Å²) in [5, 5.41) is 7.57. The third-order valence-electron chi connectivity index (χ3n) is 6.62. The summed E-state index contributed by atoms with van der Waals surface area (Å²) in [6.45, 7) is 4.54. The van der Waals surface area contributed by atoms with E-state index in [1.807, 2.05) is 4.90 Å². The van der Waals surface area contributed by atoms with Crippen LogP contribution in [0.1, 0.15) is 48.9 Å². The largest absolute Gasteiger partial charge is 0.381 e. The van der Waals surface area contributed by atoms with Crippen molar-refractivity contribution in [3.8, 4) is 0 Å². The molecule has 2 saturated heterocycles. The molecule has 6 heteroatoms. The number of carbonyl (C=O) groups is 1. The average molecular weight is 358 g/mol. The molecular weight excluding hydrogens is 328 g/mol. The molecule has 0 bridgehead atoms. The number of rotatable bonds is 5. The summed E-state index contributed by atoms with van der Waals surface area (Å²) in [4.78, 5) is 17.0. The highest BCUT2D eigenvalue weighted by Gasteiger charge is 2.51. The van der Waals surface area contributed by atoms with Gasteiger partial charge in [-0.3, -0.25) is 9.69 Å². The Hall–Kier alpha value is -1.53. The second-order valence-corrected chi connectivity index (χ2v) is 8.48. The molecule has 1 aliphatic carbocycles. The van der Waals surface area contributed by atoms with E-state index in [9.17, 15) is 4.79 Å². The maximum atomic E-state index is 12.6. The van der Waals surface area contributed by atoms with Crippen molar-refractivity contribution in [1.29, 1.82) is 0 Å².